The monoisotopic (exact) mass is 323 g/mol. The Labute approximate surface area is 137 Å². The molecule has 2 aliphatic rings. The Hall–Kier alpha value is -1.01. The molecule has 1 saturated heterocycles. The number of hydrogen-bond donors (Lipinski definition) is 2. The third-order valence-corrected chi connectivity index (χ3v) is 4.91. The number of ether oxygens (including phenoxy) is 2. The molecule has 1 heterocycles. The fourth-order valence-corrected chi connectivity index (χ4v) is 3.64. The molecule has 1 spiro atoms. The van der Waals surface area contributed by atoms with Crippen molar-refractivity contribution in [3.05, 3.63) is 35.6 Å². The van der Waals surface area contributed by atoms with Crippen LogP contribution in [-0.2, 0) is 9.47 Å². The van der Waals surface area contributed by atoms with Crippen LogP contribution in [0.5, 0.6) is 0 Å². The van der Waals surface area contributed by atoms with Gasteiger partial charge in [-0.25, -0.2) is 4.39 Å². The Kier molecular flexibility index (Phi) is 5.31. The standard InChI is InChI=1S/C18H26FNO3/c1-13(12-17(21)14-2-4-15(19)5-3-14)20-16-6-8-18(9-7-16)22-10-11-23-18/h2-5,13,16-17,20-21H,6-12H2,1H3/t13-,17+/m0/s1. The lowest BCUT2D eigenvalue weighted by Gasteiger charge is -2.37. The van der Waals surface area contributed by atoms with Gasteiger partial charge in [-0.15, -0.1) is 0 Å². The molecule has 1 aliphatic heterocycles. The van der Waals surface area contributed by atoms with Crippen LogP contribution in [0.1, 0.15) is 50.7 Å². The Bertz CT molecular complexity index is 491. The molecule has 4 nitrogen and oxygen atoms in total. The maximum Gasteiger partial charge on any atom is 0.168 e. The predicted octanol–water partition coefficient (Wildman–Crippen LogP) is 2.91. The fraction of sp³-hybridized carbons (Fsp3) is 0.667. The molecule has 128 valence electrons. The van der Waals surface area contributed by atoms with Crippen molar-refractivity contribution in [3.8, 4) is 0 Å². The van der Waals surface area contributed by atoms with Gasteiger partial charge in [0.05, 0.1) is 19.3 Å². The Morgan fingerprint density at radius 2 is 1.83 bits per heavy atom. The van der Waals surface area contributed by atoms with Crippen molar-refractivity contribution < 1.29 is 19.0 Å². The van der Waals surface area contributed by atoms with Gasteiger partial charge < -0.3 is 19.9 Å². The lowest BCUT2D eigenvalue weighted by molar-refractivity contribution is -0.179. The highest BCUT2D eigenvalue weighted by molar-refractivity contribution is 5.18. The van der Waals surface area contributed by atoms with Crippen LogP contribution in [0.4, 0.5) is 4.39 Å². The number of benzene rings is 1. The van der Waals surface area contributed by atoms with E-state index in [4.69, 9.17) is 9.47 Å². The van der Waals surface area contributed by atoms with Crippen LogP contribution in [0.25, 0.3) is 0 Å². The van der Waals surface area contributed by atoms with E-state index in [1.807, 2.05) is 0 Å². The highest BCUT2D eigenvalue weighted by Crippen LogP contribution is 2.36. The molecule has 23 heavy (non-hydrogen) atoms. The summed E-state index contributed by atoms with van der Waals surface area (Å²) in [5.74, 6) is -0.603. The molecule has 0 aromatic heterocycles. The van der Waals surface area contributed by atoms with Crippen molar-refractivity contribution in [1.82, 2.24) is 5.32 Å². The molecule has 0 bridgehead atoms. The molecule has 2 atom stereocenters. The second-order valence-electron chi connectivity index (χ2n) is 6.75. The van der Waals surface area contributed by atoms with Crippen LogP contribution in [0.3, 0.4) is 0 Å². The van der Waals surface area contributed by atoms with Crippen LogP contribution in [0.2, 0.25) is 0 Å². The smallest absolute Gasteiger partial charge is 0.168 e. The van der Waals surface area contributed by atoms with Gasteiger partial charge in [0.2, 0.25) is 0 Å². The zero-order valence-electron chi connectivity index (χ0n) is 13.6. The first kappa shape index (κ1) is 16.8. The van der Waals surface area contributed by atoms with Gasteiger partial charge in [0.25, 0.3) is 0 Å². The van der Waals surface area contributed by atoms with Crippen LogP contribution < -0.4 is 5.32 Å². The van der Waals surface area contributed by atoms with Crippen molar-refractivity contribution in [2.24, 2.45) is 0 Å². The van der Waals surface area contributed by atoms with Crippen LogP contribution in [-0.4, -0.2) is 36.2 Å². The first-order valence-electron chi connectivity index (χ1n) is 8.54. The summed E-state index contributed by atoms with van der Waals surface area (Å²) in [4.78, 5) is 0. The van der Waals surface area contributed by atoms with Gasteiger partial charge in [-0.05, 0) is 43.9 Å². The average molecular weight is 323 g/mol. The Balaban J connectivity index is 1.44. The second-order valence-corrected chi connectivity index (χ2v) is 6.75. The second kappa shape index (κ2) is 7.26. The number of nitrogens with one attached hydrogen (secondary N) is 1. The summed E-state index contributed by atoms with van der Waals surface area (Å²) >= 11 is 0. The van der Waals surface area contributed by atoms with Crippen LogP contribution >= 0.6 is 0 Å². The first-order chi connectivity index (χ1) is 11.1. The zero-order valence-corrected chi connectivity index (χ0v) is 13.6. The molecule has 1 aromatic carbocycles. The predicted molar refractivity (Wildman–Crippen MR) is 85.5 cm³/mol. The van der Waals surface area contributed by atoms with E-state index in [0.29, 0.717) is 25.7 Å². The topological polar surface area (TPSA) is 50.7 Å². The minimum atomic E-state index is -0.575. The maximum atomic E-state index is 12.9. The molecule has 2 N–H and O–H groups in total. The SMILES string of the molecule is C[C@@H](C[C@@H](O)c1ccc(F)cc1)NC1CCC2(CC1)OCCO2. The van der Waals surface area contributed by atoms with Gasteiger partial charge in [0, 0.05) is 24.9 Å². The zero-order chi connectivity index (χ0) is 16.3. The minimum Gasteiger partial charge on any atom is -0.388 e. The largest absolute Gasteiger partial charge is 0.388 e. The molecular weight excluding hydrogens is 297 g/mol. The van der Waals surface area contributed by atoms with Crippen LogP contribution in [0.15, 0.2) is 24.3 Å². The van der Waals surface area contributed by atoms with Gasteiger partial charge in [-0.1, -0.05) is 12.1 Å². The Morgan fingerprint density at radius 3 is 2.43 bits per heavy atom. The highest BCUT2D eigenvalue weighted by atomic mass is 19.1. The third-order valence-electron chi connectivity index (χ3n) is 4.91. The number of rotatable bonds is 5. The van der Waals surface area contributed by atoms with E-state index in [1.165, 1.54) is 12.1 Å². The summed E-state index contributed by atoms with van der Waals surface area (Å²) in [5.41, 5.74) is 0.760. The van der Waals surface area contributed by atoms with Gasteiger partial charge in [-0.3, -0.25) is 0 Å². The van der Waals surface area contributed by atoms with Gasteiger partial charge in [0.15, 0.2) is 5.79 Å². The normalized spacial score (nSPS) is 24.0. The number of aliphatic hydroxyl groups is 1. The van der Waals surface area contributed by atoms with Crippen LogP contribution in [0, 0.1) is 5.82 Å². The molecule has 0 amide bonds. The van der Waals surface area contributed by atoms with E-state index in [9.17, 15) is 9.50 Å². The molecule has 0 unspecified atom stereocenters. The molecule has 1 saturated carbocycles. The minimum absolute atomic E-state index is 0.194. The van der Waals surface area contributed by atoms with E-state index < -0.39 is 6.10 Å². The van der Waals surface area contributed by atoms with Crippen molar-refractivity contribution in [2.75, 3.05) is 13.2 Å². The lowest BCUT2D eigenvalue weighted by Crippen LogP contribution is -2.45. The number of aliphatic hydroxyl groups excluding tert-OH is 1. The quantitative estimate of drug-likeness (QED) is 0.875. The summed E-state index contributed by atoms with van der Waals surface area (Å²) in [7, 11) is 0. The van der Waals surface area contributed by atoms with Gasteiger partial charge >= 0.3 is 0 Å². The fourth-order valence-electron chi connectivity index (χ4n) is 3.64. The molecular formula is C18H26FNO3. The molecule has 1 aromatic rings. The Morgan fingerprint density at radius 1 is 1.22 bits per heavy atom. The molecule has 0 radical (unpaired) electrons. The average Bonchev–Trinajstić information content (AvgIpc) is 2.99. The van der Waals surface area contributed by atoms with E-state index in [2.05, 4.69) is 12.2 Å². The van der Waals surface area contributed by atoms with E-state index in [0.717, 1.165) is 31.2 Å². The maximum absolute atomic E-state index is 12.9. The summed E-state index contributed by atoms with van der Waals surface area (Å²) in [5, 5.41) is 13.9. The summed E-state index contributed by atoms with van der Waals surface area (Å²) in [6.45, 7) is 3.50. The highest BCUT2D eigenvalue weighted by Gasteiger charge is 2.40. The molecule has 3 rings (SSSR count). The number of hydrogen-bond acceptors (Lipinski definition) is 4. The van der Waals surface area contributed by atoms with Crippen molar-refractivity contribution in [2.45, 2.75) is 63.0 Å². The third kappa shape index (κ3) is 4.29. The van der Waals surface area contributed by atoms with Gasteiger partial charge in [0.1, 0.15) is 5.82 Å². The summed E-state index contributed by atoms with van der Waals surface area (Å²) in [6, 6.07) is 6.69. The summed E-state index contributed by atoms with van der Waals surface area (Å²) < 4.78 is 24.4. The molecule has 1 aliphatic carbocycles. The van der Waals surface area contributed by atoms with E-state index in [-0.39, 0.29) is 17.6 Å². The van der Waals surface area contributed by atoms with Crippen molar-refractivity contribution in [1.29, 1.82) is 0 Å². The summed E-state index contributed by atoms with van der Waals surface area (Å²) in [6.07, 6.45) is 3.94. The van der Waals surface area contributed by atoms with Crippen molar-refractivity contribution >= 4 is 0 Å². The lowest BCUT2D eigenvalue weighted by atomic mass is 9.89. The first-order valence-corrected chi connectivity index (χ1v) is 8.54. The van der Waals surface area contributed by atoms with E-state index in [1.54, 1.807) is 12.1 Å². The van der Waals surface area contributed by atoms with Crippen molar-refractivity contribution in [3.63, 3.8) is 0 Å². The number of halogens is 1. The molecule has 5 heteroatoms. The molecule has 2 fully saturated rings. The van der Waals surface area contributed by atoms with Gasteiger partial charge in [-0.2, -0.15) is 0 Å². The van der Waals surface area contributed by atoms with E-state index >= 15 is 0 Å².